The average molecular weight is 642 g/mol. The Morgan fingerprint density at radius 2 is 1.09 bits per heavy atom. The first-order valence-electron chi connectivity index (χ1n) is 19.4. The Kier molecular flexibility index (Phi) is 28.6. The van der Waals surface area contributed by atoms with Crippen molar-refractivity contribution in [2.75, 3.05) is 6.61 Å². The molecule has 0 aliphatic carbocycles. The number of benzene rings is 1. The molecule has 1 rings (SSSR count). The maximum Gasteiger partial charge on any atom is 0.338 e. The molecule has 1 amide bonds. The quantitative estimate of drug-likeness (QED) is 0.0466. The lowest BCUT2D eigenvalue weighted by Crippen LogP contribution is -2.46. The second kappa shape index (κ2) is 31.5. The molecule has 0 aliphatic heterocycles. The third kappa shape index (κ3) is 24.1. The summed E-state index contributed by atoms with van der Waals surface area (Å²) in [6.45, 7) is 4.23. The van der Waals surface area contributed by atoms with E-state index >= 15 is 0 Å². The summed E-state index contributed by atoms with van der Waals surface area (Å²) in [4.78, 5) is 25.6. The third-order valence-electron chi connectivity index (χ3n) is 9.00. The lowest BCUT2D eigenvalue weighted by molar-refractivity contribution is -0.123. The van der Waals surface area contributed by atoms with Gasteiger partial charge in [-0.15, -0.1) is 0 Å². The standard InChI is InChI=1S/C41H71NO4/c1-3-5-7-9-11-13-15-17-19-21-23-25-30-34-39(46-41(45)37-32-28-27-29-33-37)38(36-43)42-40(44)35-31-26-24-22-20-18-16-14-12-10-8-6-4-2/h27-30,32-34,38-39,43H,3-26,31,35-36H2,1-2H3,(H,42,44)/b34-30+/t38-,39?/m0/s1. The number of allylic oxidation sites excluding steroid dienone is 1. The highest BCUT2D eigenvalue weighted by Gasteiger charge is 2.24. The molecule has 0 spiro atoms. The van der Waals surface area contributed by atoms with Gasteiger partial charge >= 0.3 is 5.97 Å². The number of unbranched alkanes of at least 4 members (excludes halogenated alkanes) is 23. The number of ether oxygens (including phenoxy) is 1. The molecule has 5 heteroatoms. The maximum atomic E-state index is 12.9. The molecule has 1 aromatic rings. The van der Waals surface area contributed by atoms with Crippen LogP contribution in [0.1, 0.15) is 191 Å². The zero-order valence-electron chi connectivity index (χ0n) is 30.0. The first kappa shape index (κ1) is 41.9. The largest absolute Gasteiger partial charge is 0.452 e. The number of carbonyl (C=O) groups is 2. The number of aliphatic hydroxyl groups excluding tert-OH is 1. The molecule has 2 atom stereocenters. The summed E-state index contributed by atoms with van der Waals surface area (Å²) in [6.07, 6.45) is 35.2. The summed E-state index contributed by atoms with van der Waals surface area (Å²) >= 11 is 0. The van der Waals surface area contributed by atoms with Gasteiger partial charge < -0.3 is 15.2 Å². The van der Waals surface area contributed by atoms with Crippen molar-refractivity contribution in [2.24, 2.45) is 0 Å². The van der Waals surface area contributed by atoms with Gasteiger partial charge in [0.1, 0.15) is 6.10 Å². The molecule has 0 aliphatic rings. The van der Waals surface area contributed by atoms with Crippen LogP contribution in [0.2, 0.25) is 0 Å². The van der Waals surface area contributed by atoms with Crippen molar-refractivity contribution in [3.63, 3.8) is 0 Å². The predicted molar refractivity (Wildman–Crippen MR) is 195 cm³/mol. The molecule has 0 radical (unpaired) electrons. The Morgan fingerprint density at radius 1 is 0.652 bits per heavy atom. The lowest BCUT2D eigenvalue weighted by atomic mass is 10.0. The number of hydrogen-bond acceptors (Lipinski definition) is 4. The Balaban J connectivity index is 2.37. The highest BCUT2D eigenvalue weighted by atomic mass is 16.5. The van der Waals surface area contributed by atoms with E-state index in [-0.39, 0.29) is 12.5 Å². The summed E-state index contributed by atoms with van der Waals surface area (Å²) < 4.78 is 5.82. The van der Waals surface area contributed by atoms with Crippen molar-refractivity contribution >= 4 is 11.9 Å². The number of amides is 1. The molecule has 1 unspecified atom stereocenters. The maximum absolute atomic E-state index is 12.9. The summed E-state index contributed by atoms with van der Waals surface area (Å²) in [6, 6.07) is 8.22. The van der Waals surface area contributed by atoms with Crippen molar-refractivity contribution in [2.45, 2.75) is 193 Å². The van der Waals surface area contributed by atoms with Gasteiger partial charge in [0.2, 0.25) is 5.91 Å². The SMILES string of the molecule is CCCCCCCCCCCCC/C=C/C(OC(=O)c1ccccc1)[C@H](CO)NC(=O)CCCCCCCCCCCCCCC. The van der Waals surface area contributed by atoms with Crippen LogP contribution in [-0.4, -0.2) is 35.7 Å². The van der Waals surface area contributed by atoms with Crippen LogP contribution in [0.3, 0.4) is 0 Å². The van der Waals surface area contributed by atoms with Crippen LogP contribution >= 0.6 is 0 Å². The van der Waals surface area contributed by atoms with Crippen LogP contribution in [0.25, 0.3) is 0 Å². The average Bonchev–Trinajstić information content (AvgIpc) is 3.07. The lowest BCUT2D eigenvalue weighted by Gasteiger charge is -2.24. The second-order valence-electron chi connectivity index (χ2n) is 13.3. The molecule has 264 valence electrons. The fraction of sp³-hybridized carbons (Fsp3) is 0.756. The zero-order chi connectivity index (χ0) is 33.3. The minimum absolute atomic E-state index is 0.0957. The molecule has 0 heterocycles. The van der Waals surface area contributed by atoms with Crippen molar-refractivity contribution in [1.29, 1.82) is 0 Å². The number of esters is 1. The first-order valence-corrected chi connectivity index (χ1v) is 19.4. The topological polar surface area (TPSA) is 75.6 Å². The molecular formula is C41H71NO4. The van der Waals surface area contributed by atoms with Gasteiger partial charge in [0.25, 0.3) is 0 Å². The van der Waals surface area contributed by atoms with Crippen LogP contribution < -0.4 is 5.32 Å². The van der Waals surface area contributed by atoms with Gasteiger partial charge in [-0.25, -0.2) is 4.79 Å². The van der Waals surface area contributed by atoms with E-state index in [1.807, 2.05) is 18.2 Å². The van der Waals surface area contributed by atoms with Crippen molar-refractivity contribution < 1.29 is 19.4 Å². The van der Waals surface area contributed by atoms with Crippen LogP contribution in [0, 0.1) is 0 Å². The fourth-order valence-corrected chi connectivity index (χ4v) is 5.99. The number of carbonyl (C=O) groups excluding carboxylic acids is 2. The van der Waals surface area contributed by atoms with Gasteiger partial charge in [-0.05, 0) is 37.5 Å². The Labute approximate surface area is 283 Å². The second-order valence-corrected chi connectivity index (χ2v) is 13.3. The summed E-state index contributed by atoms with van der Waals surface area (Å²) in [5.74, 6) is -0.546. The molecule has 1 aromatic carbocycles. The summed E-state index contributed by atoms with van der Waals surface area (Å²) in [7, 11) is 0. The third-order valence-corrected chi connectivity index (χ3v) is 9.00. The molecule has 0 saturated heterocycles. The summed E-state index contributed by atoms with van der Waals surface area (Å²) in [5.41, 5.74) is 0.459. The smallest absolute Gasteiger partial charge is 0.338 e. The normalized spacial score (nSPS) is 12.8. The van der Waals surface area contributed by atoms with Crippen LogP contribution in [0.5, 0.6) is 0 Å². The molecule has 5 nitrogen and oxygen atoms in total. The molecule has 0 bridgehead atoms. The van der Waals surface area contributed by atoms with Crippen LogP contribution in [-0.2, 0) is 9.53 Å². The van der Waals surface area contributed by atoms with E-state index in [4.69, 9.17) is 4.74 Å². The van der Waals surface area contributed by atoms with E-state index in [9.17, 15) is 14.7 Å². The van der Waals surface area contributed by atoms with Crippen LogP contribution in [0.15, 0.2) is 42.5 Å². The highest BCUT2D eigenvalue weighted by molar-refractivity contribution is 5.89. The minimum atomic E-state index is -0.721. The van der Waals surface area contributed by atoms with Crippen molar-refractivity contribution in [1.82, 2.24) is 5.32 Å². The van der Waals surface area contributed by atoms with Crippen LogP contribution in [0.4, 0.5) is 0 Å². The van der Waals surface area contributed by atoms with Gasteiger partial charge in [0, 0.05) is 6.42 Å². The van der Waals surface area contributed by atoms with Crippen molar-refractivity contribution in [3.8, 4) is 0 Å². The Bertz CT molecular complexity index is 855. The Hall–Kier alpha value is -2.14. The van der Waals surface area contributed by atoms with E-state index in [0.29, 0.717) is 12.0 Å². The highest BCUT2D eigenvalue weighted by Crippen LogP contribution is 2.15. The fourth-order valence-electron chi connectivity index (χ4n) is 5.99. The number of rotatable bonds is 32. The zero-order valence-corrected chi connectivity index (χ0v) is 30.0. The van der Waals surface area contributed by atoms with Gasteiger partial charge in [-0.3, -0.25) is 4.79 Å². The molecule has 0 aromatic heterocycles. The number of aliphatic hydroxyl groups is 1. The van der Waals surface area contributed by atoms with Crippen molar-refractivity contribution in [3.05, 3.63) is 48.0 Å². The van der Waals surface area contributed by atoms with Gasteiger partial charge in [0.05, 0.1) is 18.2 Å². The predicted octanol–water partition coefficient (Wildman–Crippen LogP) is 11.4. The number of nitrogens with one attached hydrogen (secondary N) is 1. The van der Waals surface area contributed by atoms with E-state index in [2.05, 4.69) is 19.2 Å². The molecular weight excluding hydrogens is 570 g/mol. The summed E-state index contributed by atoms with van der Waals surface area (Å²) in [5, 5.41) is 13.1. The number of hydrogen-bond donors (Lipinski definition) is 2. The molecule has 2 N–H and O–H groups in total. The van der Waals surface area contributed by atoms with E-state index < -0.39 is 18.1 Å². The minimum Gasteiger partial charge on any atom is -0.452 e. The molecule has 0 fully saturated rings. The monoisotopic (exact) mass is 642 g/mol. The Morgan fingerprint density at radius 3 is 1.54 bits per heavy atom. The molecule has 46 heavy (non-hydrogen) atoms. The van der Waals surface area contributed by atoms with Gasteiger partial charge in [-0.1, -0.05) is 179 Å². The molecule has 0 saturated carbocycles. The van der Waals surface area contributed by atoms with Gasteiger partial charge in [-0.2, -0.15) is 0 Å². The first-order chi connectivity index (χ1) is 22.6. The van der Waals surface area contributed by atoms with Gasteiger partial charge in [0.15, 0.2) is 0 Å². The van der Waals surface area contributed by atoms with E-state index in [1.54, 1.807) is 24.3 Å². The van der Waals surface area contributed by atoms with E-state index in [1.165, 1.54) is 128 Å². The van der Waals surface area contributed by atoms with E-state index in [0.717, 1.165) is 32.1 Å².